The predicted molar refractivity (Wildman–Crippen MR) is 82.0 cm³/mol. The highest BCUT2D eigenvalue weighted by Gasteiger charge is 2.32. The standard InChI is InChI=1S/C17H22FNO3/c1-21-11-16-10-19(17(20)22-16)15-8-4-13(5-9-15)12-2-6-14(18)7-3-12/h4-5,8-9,12,14,16H,2-3,6-7,10-11H2,1H3/t12?,14?,16-/m0/s1. The number of hydrogen-bond acceptors (Lipinski definition) is 3. The Bertz CT molecular complexity index is 511. The van der Waals surface area contributed by atoms with Crippen molar-refractivity contribution in [3.63, 3.8) is 0 Å². The molecule has 0 N–H and O–H groups in total. The molecule has 22 heavy (non-hydrogen) atoms. The lowest BCUT2D eigenvalue weighted by atomic mass is 9.83. The van der Waals surface area contributed by atoms with Crippen molar-refractivity contribution in [2.75, 3.05) is 25.2 Å². The molecule has 2 aliphatic rings. The summed E-state index contributed by atoms with van der Waals surface area (Å²) in [6.07, 6.45) is 1.95. The zero-order valence-corrected chi connectivity index (χ0v) is 12.8. The smallest absolute Gasteiger partial charge is 0.414 e. The van der Waals surface area contributed by atoms with E-state index >= 15 is 0 Å². The minimum atomic E-state index is -0.632. The van der Waals surface area contributed by atoms with Gasteiger partial charge in [0.05, 0.1) is 13.2 Å². The van der Waals surface area contributed by atoms with Gasteiger partial charge < -0.3 is 9.47 Å². The maximum Gasteiger partial charge on any atom is 0.414 e. The lowest BCUT2D eigenvalue weighted by Gasteiger charge is -2.25. The van der Waals surface area contributed by atoms with E-state index in [9.17, 15) is 9.18 Å². The van der Waals surface area contributed by atoms with Crippen LogP contribution in [0.1, 0.15) is 37.2 Å². The van der Waals surface area contributed by atoms with E-state index in [1.165, 1.54) is 5.56 Å². The van der Waals surface area contributed by atoms with Crippen molar-refractivity contribution in [3.05, 3.63) is 29.8 Å². The average molecular weight is 307 g/mol. The molecule has 0 bridgehead atoms. The highest BCUT2D eigenvalue weighted by Crippen LogP contribution is 2.35. The zero-order chi connectivity index (χ0) is 15.5. The number of amides is 1. The second kappa shape index (κ2) is 6.65. The summed E-state index contributed by atoms with van der Waals surface area (Å²) < 4.78 is 23.5. The van der Waals surface area contributed by atoms with Crippen LogP contribution in [0.4, 0.5) is 14.9 Å². The Hall–Kier alpha value is -1.62. The molecule has 120 valence electrons. The molecule has 0 radical (unpaired) electrons. The van der Waals surface area contributed by atoms with Gasteiger partial charge in [0.2, 0.25) is 0 Å². The monoisotopic (exact) mass is 307 g/mol. The van der Waals surface area contributed by atoms with Crippen molar-refractivity contribution in [2.24, 2.45) is 0 Å². The van der Waals surface area contributed by atoms with E-state index in [0.29, 0.717) is 31.9 Å². The maximum atomic E-state index is 13.2. The van der Waals surface area contributed by atoms with Crippen molar-refractivity contribution in [1.82, 2.24) is 0 Å². The molecular formula is C17H22FNO3. The van der Waals surface area contributed by atoms with E-state index in [4.69, 9.17) is 9.47 Å². The molecule has 1 heterocycles. The fraction of sp³-hybridized carbons (Fsp3) is 0.588. The number of benzene rings is 1. The second-order valence-corrected chi connectivity index (χ2v) is 6.11. The summed E-state index contributed by atoms with van der Waals surface area (Å²) in [5.41, 5.74) is 2.07. The highest BCUT2D eigenvalue weighted by atomic mass is 19.1. The van der Waals surface area contributed by atoms with Crippen LogP contribution >= 0.6 is 0 Å². The molecule has 0 unspecified atom stereocenters. The minimum absolute atomic E-state index is 0.211. The highest BCUT2D eigenvalue weighted by molar-refractivity contribution is 5.89. The van der Waals surface area contributed by atoms with Crippen molar-refractivity contribution >= 4 is 11.8 Å². The first-order valence-electron chi connectivity index (χ1n) is 7.88. The van der Waals surface area contributed by atoms with Crippen LogP contribution in [0.3, 0.4) is 0 Å². The summed E-state index contributed by atoms with van der Waals surface area (Å²) in [6, 6.07) is 8.01. The topological polar surface area (TPSA) is 38.8 Å². The van der Waals surface area contributed by atoms with E-state index < -0.39 is 6.17 Å². The Morgan fingerprint density at radius 2 is 1.91 bits per heavy atom. The third-order valence-corrected chi connectivity index (χ3v) is 4.56. The summed E-state index contributed by atoms with van der Waals surface area (Å²) in [5.74, 6) is 0.438. The Kier molecular flexibility index (Phi) is 4.62. The number of carbonyl (C=O) groups excluding carboxylic acids is 1. The number of rotatable bonds is 4. The van der Waals surface area contributed by atoms with E-state index in [2.05, 4.69) is 12.1 Å². The normalized spacial score (nSPS) is 28.7. The average Bonchev–Trinajstić information content (AvgIpc) is 2.89. The number of carbonyl (C=O) groups is 1. The van der Waals surface area contributed by atoms with Crippen LogP contribution in [0.25, 0.3) is 0 Å². The largest absolute Gasteiger partial charge is 0.441 e. The molecule has 1 aliphatic carbocycles. The van der Waals surface area contributed by atoms with Gasteiger partial charge in [-0.2, -0.15) is 0 Å². The third-order valence-electron chi connectivity index (χ3n) is 4.56. The molecular weight excluding hydrogens is 285 g/mol. The van der Waals surface area contributed by atoms with E-state index in [0.717, 1.165) is 18.5 Å². The maximum absolute atomic E-state index is 13.2. The quantitative estimate of drug-likeness (QED) is 0.852. The molecule has 4 nitrogen and oxygen atoms in total. The number of halogens is 1. The van der Waals surface area contributed by atoms with Crippen LogP contribution < -0.4 is 4.90 Å². The summed E-state index contributed by atoms with van der Waals surface area (Å²) in [7, 11) is 1.59. The Balaban J connectivity index is 1.65. The molecule has 0 aromatic heterocycles. The molecule has 2 fully saturated rings. The molecule has 1 aliphatic heterocycles. The van der Waals surface area contributed by atoms with Gasteiger partial charge in [-0.15, -0.1) is 0 Å². The van der Waals surface area contributed by atoms with Gasteiger partial charge in [0, 0.05) is 12.8 Å². The number of anilines is 1. The van der Waals surface area contributed by atoms with Crippen molar-refractivity contribution in [2.45, 2.75) is 43.9 Å². The van der Waals surface area contributed by atoms with Crippen LogP contribution in [-0.2, 0) is 9.47 Å². The molecule has 5 heteroatoms. The first-order chi connectivity index (χ1) is 10.7. The van der Waals surface area contributed by atoms with Gasteiger partial charge in [-0.25, -0.2) is 9.18 Å². The first kappa shape index (κ1) is 15.3. The lowest BCUT2D eigenvalue weighted by molar-refractivity contribution is 0.0718. The summed E-state index contributed by atoms with van der Waals surface area (Å²) in [6.45, 7) is 0.922. The van der Waals surface area contributed by atoms with Gasteiger partial charge in [0.1, 0.15) is 12.3 Å². The number of hydrogen-bond donors (Lipinski definition) is 0. The fourth-order valence-electron chi connectivity index (χ4n) is 3.32. The van der Waals surface area contributed by atoms with Crippen LogP contribution in [0.15, 0.2) is 24.3 Å². The molecule has 1 amide bonds. The van der Waals surface area contributed by atoms with Gasteiger partial charge in [0.25, 0.3) is 0 Å². The van der Waals surface area contributed by atoms with Crippen molar-refractivity contribution < 1.29 is 18.7 Å². The number of methoxy groups -OCH3 is 1. The lowest BCUT2D eigenvalue weighted by Crippen LogP contribution is -2.25. The Labute approximate surface area is 130 Å². The first-order valence-corrected chi connectivity index (χ1v) is 7.88. The fourth-order valence-corrected chi connectivity index (χ4v) is 3.32. The van der Waals surface area contributed by atoms with Gasteiger partial charge in [-0.1, -0.05) is 12.1 Å². The summed E-state index contributed by atoms with van der Waals surface area (Å²) in [5, 5.41) is 0. The molecule has 3 rings (SSSR count). The minimum Gasteiger partial charge on any atom is -0.441 e. The number of alkyl halides is 1. The molecule has 1 saturated heterocycles. The van der Waals surface area contributed by atoms with Crippen molar-refractivity contribution in [3.8, 4) is 0 Å². The second-order valence-electron chi connectivity index (χ2n) is 6.11. The summed E-state index contributed by atoms with van der Waals surface area (Å²) >= 11 is 0. The summed E-state index contributed by atoms with van der Waals surface area (Å²) in [4.78, 5) is 13.5. The van der Waals surface area contributed by atoms with E-state index in [-0.39, 0.29) is 12.2 Å². The van der Waals surface area contributed by atoms with Gasteiger partial charge >= 0.3 is 6.09 Å². The Morgan fingerprint density at radius 3 is 2.55 bits per heavy atom. The Morgan fingerprint density at radius 1 is 1.23 bits per heavy atom. The molecule has 1 aromatic rings. The molecule has 1 aromatic carbocycles. The van der Waals surface area contributed by atoms with E-state index in [1.807, 2.05) is 12.1 Å². The molecule has 1 saturated carbocycles. The van der Waals surface area contributed by atoms with Crippen LogP contribution in [-0.4, -0.2) is 38.6 Å². The SMILES string of the molecule is COC[C@@H]1CN(c2ccc(C3CCC(F)CC3)cc2)C(=O)O1. The predicted octanol–water partition coefficient (Wildman–Crippen LogP) is 3.65. The van der Waals surface area contributed by atoms with E-state index in [1.54, 1.807) is 12.0 Å². The number of nitrogens with zero attached hydrogens (tertiary/aromatic N) is 1. The van der Waals surface area contributed by atoms with Gasteiger partial charge in [-0.3, -0.25) is 4.90 Å². The van der Waals surface area contributed by atoms with Crippen LogP contribution in [0, 0.1) is 0 Å². The third kappa shape index (κ3) is 3.24. The van der Waals surface area contributed by atoms with Gasteiger partial charge in [0.15, 0.2) is 0 Å². The molecule has 0 spiro atoms. The zero-order valence-electron chi connectivity index (χ0n) is 12.8. The molecule has 1 atom stereocenters. The van der Waals surface area contributed by atoms with Crippen LogP contribution in [0.2, 0.25) is 0 Å². The van der Waals surface area contributed by atoms with Gasteiger partial charge in [-0.05, 0) is 49.3 Å². The number of ether oxygens (including phenoxy) is 2. The number of cyclic esters (lactones) is 1. The van der Waals surface area contributed by atoms with Crippen molar-refractivity contribution in [1.29, 1.82) is 0 Å². The van der Waals surface area contributed by atoms with Crippen LogP contribution in [0.5, 0.6) is 0 Å².